The third-order valence-electron chi connectivity index (χ3n) is 3.42. The number of halogens is 1. The van der Waals surface area contributed by atoms with Crippen molar-refractivity contribution in [2.75, 3.05) is 6.54 Å². The van der Waals surface area contributed by atoms with Crippen molar-refractivity contribution in [2.45, 2.75) is 33.7 Å². The van der Waals surface area contributed by atoms with Crippen LogP contribution in [0.4, 0.5) is 0 Å². The van der Waals surface area contributed by atoms with Crippen LogP contribution in [0.25, 0.3) is 10.8 Å². The zero-order chi connectivity index (χ0) is 15.6. The van der Waals surface area contributed by atoms with Crippen molar-refractivity contribution in [3.05, 3.63) is 41.2 Å². The van der Waals surface area contributed by atoms with Gasteiger partial charge in [-0.25, -0.2) is 4.98 Å². The van der Waals surface area contributed by atoms with Crippen molar-refractivity contribution in [1.82, 2.24) is 9.88 Å². The summed E-state index contributed by atoms with van der Waals surface area (Å²) in [4.78, 5) is 18.9. The van der Waals surface area contributed by atoms with Gasteiger partial charge in [-0.1, -0.05) is 49.7 Å². The second kappa shape index (κ2) is 6.44. The molecule has 0 unspecified atom stereocenters. The van der Waals surface area contributed by atoms with Crippen LogP contribution in [0.2, 0.25) is 5.15 Å². The maximum atomic E-state index is 12.9. The molecule has 0 radical (unpaired) electrons. The van der Waals surface area contributed by atoms with Gasteiger partial charge in [-0.2, -0.15) is 0 Å². The summed E-state index contributed by atoms with van der Waals surface area (Å²) in [6.07, 6.45) is 1.59. The second-order valence-corrected chi connectivity index (χ2v) is 6.31. The molecule has 0 saturated heterocycles. The quantitative estimate of drug-likeness (QED) is 0.785. The van der Waals surface area contributed by atoms with E-state index in [0.717, 1.165) is 17.3 Å². The van der Waals surface area contributed by atoms with Gasteiger partial charge in [0.2, 0.25) is 0 Å². The first-order valence-electron chi connectivity index (χ1n) is 7.26. The fourth-order valence-corrected chi connectivity index (χ4v) is 2.62. The Hall–Kier alpha value is -1.61. The molecule has 0 aliphatic rings. The molecule has 0 bridgehead atoms. The molecule has 1 aromatic heterocycles. The Bertz CT molecular complexity index is 652. The molecule has 0 aliphatic carbocycles. The summed E-state index contributed by atoms with van der Waals surface area (Å²) in [7, 11) is 0. The molecule has 0 fully saturated rings. The molecule has 0 N–H and O–H groups in total. The van der Waals surface area contributed by atoms with Gasteiger partial charge >= 0.3 is 0 Å². The number of rotatable bonds is 4. The summed E-state index contributed by atoms with van der Waals surface area (Å²) >= 11 is 6.12. The lowest BCUT2D eigenvalue weighted by atomic mass is 10.1. The van der Waals surface area contributed by atoms with Gasteiger partial charge in [-0.05, 0) is 25.2 Å². The molecule has 4 heteroatoms. The highest BCUT2D eigenvalue weighted by molar-refractivity contribution is 6.34. The van der Waals surface area contributed by atoms with Crippen LogP contribution in [-0.2, 0) is 0 Å². The lowest BCUT2D eigenvalue weighted by molar-refractivity contribution is 0.0683. The number of carbonyl (C=O) groups is 1. The van der Waals surface area contributed by atoms with E-state index in [1.54, 1.807) is 6.20 Å². The summed E-state index contributed by atoms with van der Waals surface area (Å²) in [5.74, 6) is 0.432. The van der Waals surface area contributed by atoms with Gasteiger partial charge in [0.1, 0.15) is 5.15 Å². The average Bonchev–Trinajstić information content (AvgIpc) is 2.44. The molecular weight excluding hydrogens is 284 g/mol. The monoisotopic (exact) mass is 304 g/mol. The van der Waals surface area contributed by atoms with Gasteiger partial charge < -0.3 is 4.90 Å². The maximum Gasteiger partial charge on any atom is 0.256 e. The minimum atomic E-state index is 0.0130. The number of pyridine rings is 1. The van der Waals surface area contributed by atoms with E-state index in [1.807, 2.05) is 43.0 Å². The molecule has 0 saturated carbocycles. The molecule has 21 heavy (non-hydrogen) atoms. The van der Waals surface area contributed by atoms with Gasteiger partial charge in [0.15, 0.2) is 0 Å². The molecule has 1 heterocycles. The first kappa shape index (κ1) is 15.8. The van der Waals surface area contributed by atoms with Crippen LogP contribution in [0.3, 0.4) is 0 Å². The topological polar surface area (TPSA) is 33.2 Å². The molecule has 0 aliphatic heterocycles. The first-order chi connectivity index (χ1) is 9.91. The molecule has 1 aromatic carbocycles. The standard InChI is InChI=1S/C17H21ClN2O/c1-11(2)10-20(12(3)4)17(21)15-9-19-16(18)14-8-6-5-7-13(14)15/h5-9,11-12H,10H2,1-4H3. The molecule has 1 amide bonds. The number of benzene rings is 1. The van der Waals surface area contributed by atoms with E-state index in [2.05, 4.69) is 18.8 Å². The molecule has 2 rings (SSSR count). The fraction of sp³-hybridized carbons (Fsp3) is 0.412. The summed E-state index contributed by atoms with van der Waals surface area (Å²) < 4.78 is 0. The Morgan fingerprint density at radius 2 is 1.81 bits per heavy atom. The lowest BCUT2D eigenvalue weighted by Gasteiger charge is -2.29. The zero-order valence-corrected chi connectivity index (χ0v) is 13.7. The Morgan fingerprint density at radius 1 is 1.19 bits per heavy atom. The predicted molar refractivity (Wildman–Crippen MR) is 87.8 cm³/mol. The van der Waals surface area contributed by atoms with Crippen molar-refractivity contribution < 1.29 is 4.79 Å². The predicted octanol–water partition coefficient (Wildman–Crippen LogP) is 4.39. The van der Waals surface area contributed by atoms with Gasteiger partial charge in [-0.3, -0.25) is 4.79 Å². The van der Waals surface area contributed by atoms with Crippen LogP contribution >= 0.6 is 11.6 Å². The largest absolute Gasteiger partial charge is 0.336 e. The minimum absolute atomic E-state index is 0.0130. The third kappa shape index (κ3) is 3.35. The molecule has 2 aromatic rings. The highest BCUT2D eigenvalue weighted by Gasteiger charge is 2.22. The van der Waals surface area contributed by atoms with Crippen LogP contribution in [0.1, 0.15) is 38.1 Å². The van der Waals surface area contributed by atoms with Crippen LogP contribution < -0.4 is 0 Å². The number of fused-ring (bicyclic) bond motifs is 1. The number of nitrogens with zero attached hydrogens (tertiary/aromatic N) is 2. The van der Waals surface area contributed by atoms with Crippen LogP contribution in [0.5, 0.6) is 0 Å². The molecule has 0 spiro atoms. The van der Waals surface area contributed by atoms with Crippen LogP contribution in [0, 0.1) is 5.92 Å². The first-order valence-corrected chi connectivity index (χ1v) is 7.63. The Labute approximate surface area is 130 Å². The number of aromatic nitrogens is 1. The van der Waals surface area contributed by atoms with Crippen molar-refractivity contribution >= 4 is 28.3 Å². The van der Waals surface area contributed by atoms with Crippen LogP contribution in [0.15, 0.2) is 30.5 Å². The van der Waals surface area contributed by atoms with E-state index in [9.17, 15) is 4.79 Å². The second-order valence-electron chi connectivity index (χ2n) is 5.95. The molecule has 3 nitrogen and oxygen atoms in total. The number of carbonyl (C=O) groups excluding carboxylic acids is 1. The van der Waals surface area contributed by atoms with E-state index >= 15 is 0 Å². The van der Waals surface area contributed by atoms with Gasteiger partial charge in [0.25, 0.3) is 5.91 Å². The summed E-state index contributed by atoms with van der Waals surface area (Å²) in [5.41, 5.74) is 0.615. The molecular formula is C17H21ClN2O. The lowest BCUT2D eigenvalue weighted by Crippen LogP contribution is -2.39. The minimum Gasteiger partial charge on any atom is -0.336 e. The third-order valence-corrected chi connectivity index (χ3v) is 3.72. The van der Waals surface area contributed by atoms with E-state index < -0.39 is 0 Å². The Balaban J connectivity index is 2.50. The van der Waals surface area contributed by atoms with Crippen molar-refractivity contribution in [3.8, 4) is 0 Å². The maximum absolute atomic E-state index is 12.9. The van der Waals surface area contributed by atoms with E-state index in [4.69, 9.17) is 11.6 Å². The van der Waals surface area contributed by atoms with Crippen molar-refractivity contribution in [2.24, 2.45) is 5.92 Å². The summed E-state index contributed by atoms with van der Waals surface area (Å²) in [5, 5.41) is 2.11. The molecule has 112 valence electrons. The number of hydrogen-bond donors (Lipinski definition) is 0. The fourth-order valence-electron chi connectivity index (χ4n) is 2.40. The SMILES string of the molecule is CC(C)CN(C(=O)c1cnc(Cl)c2ccccc12)C(C)C. The van der Waals surface area contributed by atoms with E-state index in [-0.39, 0.29) is 11.9 Å². The normalized spacial score (nSPS) is 11.4. The van der Waals surface area contributed by atoms with Gasteiger partial charge in [0.05, 0.1) is 5.56 Å². The highest BCUT2D eigenvalue weighted by Crippen LogP contribution is 2.25. The smallest absolute Gasteiger partial charge is 0.256 e. The number of hydrogen-bond acceptors (Lipinski definition) is 2. The van der Waals surface area contributed by atoms with Gasteiger partial charge in [-0.15, -0.1) is 0 Å². The Kier molecular flexibility index (Phi) is 4.84. The Morgan fingerprint density at radius 3 is 2.38 bits per heavy atom. The summed E-state index contributed by atoms with van der Waals surface area (Å²) in [6, 6.07) is 7.78. The van der Waals surface area contributed by atoms with Crippen molar-refractivity contribution in [3.63, 3.8) is 0 Å². The van der Waals surface area contributed by atoms with E-state index in [1.165, 1.54) is 0 Å². The average molecular weight is 305 g/mol. The van der Waals surface area contributed by atoms with Crippen molar-refractivity contribution in [1.29, 1.82) is 0 Å². The van der Waals surface area contributed by atoms with E-state index in [0.29, 0.717) is 16.6 Å². The molecule has 0 atom stereocenters. The van der Waals surface area contributed by atoms with Crippen LogP contribution in [-0.4, -0.2) is 28.4 Å². The van der Waals surface area contributed by atoms with Gasteiger partial charge in [0, 0.05) is 24.2 Å². The summed E-state index contributed by atoms with van der Waals surface area (Å²) in [6.45, 7) is 9.02. The number of amides is 1. The zero-order valence-electron chi connectivity index (χ0n) is 12.9. The highest BCUT2D eigenvalue weighted by atomic mass is 35.5.